The van der Waals surface area contributed by atoms with E-state index in [0.717, 1.165) is 0 Å². The Morgan fingerprint density at radius 2 is 2.20 bits per heavy atom. The molecule has 0 radical (unpaired) electrons. The van der Waals surface area contributed by atoms with E-state index in [1.165, 1.54) is 6.07 Å². The Bertz CT molecular complexity index is 431. The standard InChI is InChI=1S/C11H11BrClFO/c1-11(2)4-7(15)8-9(11)6(14)3-5(12)10(8)13/h3,7,15H,4H2,1-2H3/t7-/m1/s1. The van der Waals surface area contributed by atoms with E-state index >= 15 is 0 Å². The minimum absolute atomic E-state index is 0.303. The summed E-state index contributed by atoms with van der Waals surface area (Å²) in [5.41, 5.74) is 0.722. The van der Waals surface area contributed by atoms with Crippen LogP contribution in [-0.4, -0.2) is 5.11 Å². The third kappa shape index (κ3) is 1.61. The van der Waals surface area contributed by atoms with Crippen LogP contribution in [0.15, 0.2) is 10.5 Å². The third-order valence-electron chi connectivity index (χ3n) is 2.92. The first-order valence-electron chi connectivity index (χ1n) is 4.70. The lowest BCUT2D eigenvalue weighted by Gasteiger charge is -2.19. The van der Waals surface area contributed by atoms with Gasteiger partial charge in [-0.2, -0.15) is 0 Å². The lowest BCUT2D eigenvalue weighted by molar-refractivity contribution is 0.161. The van der Waals surface area contributed by atoms with Crippen LogP contribution in [-0.2, 0) is 5.41 Å². The monoisotopic (exact) mass is 292 g/mol. The maximum atomic E-state index is 13.8. The van der Waals surface area contributed by atoms with Crippen molar-refractivity contribution in [2.45, 2.75) is 31.8 Å². The predicted octanol–water partition coefficient (Wildman–Crippen LogP) is 3.96. The molecule has 15 heavy (non-hydrogen) atoms. The Balaban J connectivity index is 2.78. The molecule has 82 valence electrons. The van der Waals surface area contributed by atoms with Crippen molar-refractivity contribution in [3.63, 3.8) is 0 Å². The van der Waals surface area contributed by atoms with Gasteiger partial charge in [0.25, 0.3) is 0 Å². The van der Waals surface area contributed by atoms with E-state index in [-0.39, 0.29) is 11.2 Å². The molecule has 0 aliphatic heterocycles. The van der Waals surface area contributed by atoms with Crippen LogP contribution in [0.3, 0.4) is 0 Å². The van der Waals surface area contributed by atoms with E-state index in [1.54, 1.807) is 0 Å². The molecule has 0 amide bonds. The van der Waals surface area contributed by atoms with E-state index in [9.17, 15) is 9.50 Å². The zero-order chi connectivity index (χ0) is 11.4. The Kier molecular flexibility index (Phi) is 2.61. The Labute approximate surface area is 101 Å². The second-order valence-corrected chi connectivity index (χ2v) is 5.78. The summed E-state index contributed by atoms with van der Waals surface area (Å²) in [6, 6.07) is 1.36. The number of hydrogen-bond donors (Lipinski definition) is 1. The molecular formula is C11H11BrClFO. The van der Waals surface area contributed by atoms with E-state index in [0.29, 0.717) is 27.0 Å². The van der Waals surface area contributed by atoms with E-state index < -0.39 is 6.10 Å². The highest BCUT2D eigenvalue weighted by Crippen LogP contribution is 2.50. The Morgan fingerprint density at radius 3 is 2.80 bits per heavy atom. The molecular weight excluding hydrogens is 282 g/mol. The van der Waals surface area contributed by atoms with Crippen LogP contribution in [0.2, 0.25) is 5.02 Å². The lowest BCUT2D eigenvalue weighted by atomic mass is 9.86. The fourth-order valence-electron chi connectivity index (χ4n) is 2.30. The maximum Gasteiger partial charge on any atom is 0.128 e. The molecule has 0 bridgehead atoms. The first kappa shape index (κ1) is 11.4. The van der Waals surface area contributed by atoms with E-state index in [2.05, 4.69) is 15.9 Å². The molecule has 1 atom stereocenters. The molecule has 4 heteroatoms. The van der Waals surface area contributed by atoms with Gasteiger partial charge in [0.15, 0.2) is 0 Å². The average Bonchev–Trinajstić information content (AvgIpc) is 2.32. The van der Waals surface area contributed by atoms with Crippen molar-refractivity contribution in [3.05, 3.63) is 32.5 Å². The molecule has 1 nitrogen and oxygen atoms in total. The molecule has 1 aromatic rings. The van der Waals surface area contributed by atoms with Gasteiger partial charge in [-0.3, -0.25) is 0 Å². The lowest BCUT2D eigenvalue weighted by Crippen LogP contribution is -2.14. The summed E-state index contributed by atoms with van der Waals surface area (Å²) in [4.78, 5) is 0. The van der Waals surface area contributed by atoms with Crippen molar-refractivity contribution in [1.29, 1.82) is 0 Å². The predicted molar refractivity (Wildman–Crippen MR) is 61.7 cm³/mol. The van der Waals surface area contributed by atoms with Crippen molar-refractivity contribution < 1.29 is 9.50 Å². The van der Waals surface area contributed by atoms with Crippen molar-refractivity contribution >= 4 is 27.5 Å². The SMILES string of the molecule is CC1(C)C[C@@H](O)c2c(Cl)c(Br)cc(F)c21. The van der Waals surface area contributed by atoms with Gasteiger partial charge in [0, 0.05) is 15.6 Å². The number of hydrogen-bond acceptors (Lipinski definition) is 1. The normalized spacial score (nSPS) is 22.9. The highest BCUT2D eigenvalue weighted by molar-refractivity contribution is 9.10. The second-order valence-electron chi connectivity index (χ2n) is 4.55. The van der Waals surface area contributed by atoms with Gasteiger partial charge in [-0.15, -0.1) is 0 Å². The summed E-state index contributed by atoms with van der Waals surface area (Å²) in [7, 11) is 0. The molecule has 0 aromatic heterocycles. The Morgan fingerprint density at radius 1 is 1.60 bits per heavy atom. The maximum absolute atomic E-state index is 13.8. The van der Waals surface area contributed by atoms with Crippen LogP contribution in [0.25, 0.3) is 0 Å². The van der Waals surface area contributed by atoms with E-state index in [4.69, 9.17) is 11.6 Å². The minimum Gasteiger partial charge on any atom is -0.388 e. The number of benzene rings is 1. The van der Waals surface area contributed by atoms with Gasteiger partial charge < -0.3 is 5.11 Å². The van der Waals surface area contributed by atoms with Gasteiger partial charge in [0.1, 0.15) is 5.82 Å². The highest BCUT2D eigenvalue weighted by Gasteiger charge is 2.40. The van der Waals surface area contributed by atoms with Crippen molar-refractivity contribution in [2.24, 2.45) is 0 Å². The van der Waals surface area contributed by atoms with Crippen LogP contribution in [0.1, 0.15) is 37.5 Å². The minimum atomic E-state index is -0.672. The average molecular weight is 294 g/mol. The van der Waals surface area contributed by atoms with Gasteiger partial charge in [-0.05, 0) is 33.8 Å². The van der Waals surface area contributed by atoms with Gasteiger partial charge >= 0.3 is 0 Å². The summed E-state index contributed by atoms with van der Waals surface area (Å²) in [6.07, 6.45) is -0.162. The molecule has 0 spiro atoms. The highest BCUT2D eigenvalue weighted by atomic mass is 79.9. The summed E-state index contributed by atoms with van der Waals surface area (Å²) in [5, 5.41) is 10.3. The third-order valence-corrected chi connectivity index (χ3v) is 4.18. The number of fused-ring (bicyclic) bond motifs is 1. The van der Waals surface area contributed by atoms with E-state index in [1.807, 2.05) is 13.8 Å². The molecule has 0 saturated carbocycles. The zero-order valence-electron chi connectivity index (χ0n) is 8.44. The van der Waals surface area contributed by atoms with Crippen molar-refractivity contribution in [1.82, 2.24) is 0 Å². The smallest absolute Gasteiger partial charge is 0.128 e. The molecule has 2 rings (SSSR count). The van der Waals surface area contributed by atoms with Gasteiger partial charge in [0.05, 0.1) is 11.1 Å². The summed E-state index contributed by atoms with van der Waals surface area (Å²) in [6.45, 7) is 3.82. The first-order valence-corrected chi connectivity index (χ1v) is 5.87. The molecule has 0 heterocycles. The van der Waals surface area contributed by atoms with Gasteiger partial charge in [-0.1, -0.05) is 25.4 Å². The zero-order valence-corrected chi connectivity index (χ0v) is 10.8. The number of rotatable bonds is 0. The van der Waals surface area contributed by atoms with Crippen LogP contribution < -0.4 is 0 Å². The molecule has 0 unspecified atom stereocenters. The first-order chi connectivity index (χ1) is 6.84. The molecule has 1 aromatic carbocycles. The van der Waals surface area contributed by atoms with Crippen molar-refractivity contribution in [2.75, 3.05) is 0 Å². The summed E-state index contributed by atoms with van der Waals surface area (Å²) in [5.74, 6) is -0.303. The summed E-state index contributed by atoms with van der Waals surface area (Å²) >= 11 is 9.24. The van der Waals surface area contributed by atoms with Gasteiger partial charge in [-0.25, -0.2) is 4.39 Å². The second kappa shape index (κ2) is 3.44. The quantitative estimate of drug-likeness (QED) is 0.718. The fraction of sp³-hybridized carbons (Fsp3) is 0.455. The molecule has 1 aliphatic carbocycles. The van der Waals surface area contributed by atoms with Crippen LogP contribution in [0.5, 0.6) is 0 Å². The van der Waals surface area contributed by atoms with Crippen LogP contribution in [0, 0.1) is 5.82 Å². The van der Waals surface area contributed by atoms with Gasteiger partial charge in [0.2, 0.25) is 0 Å². The number of halogens is 3. The topological polar surface area (TPSA) is 20.2 Å². The molecule has 1 N–H and O–H groups in total. The van der Waals surface area contributed by atoms with Crippen LogP contribution >= 0.6 is 27.5 Å². The largest absolute Gasteiger partial charge is 0.388 e. The number of aliphatic hydroxyl groups is 1. The Hall–Kier alpha value is -0.120. The van der Waals surface area contributed by atoms with Crippen LogP contribution in [0.4, 0.5) is 4.39 Å². The molecule has 1 aliphatic rings. The summed E-state index contributed by atoms with van der Waals surface area (Å²) < 4.78 is 14.3. The molecule has 0 fully saturated rings. The fourth-order valence-corrected chi connectivity index (χ4v) is 2.99. The molecule has 0 saturated heterocycles. The number of aliphatic hydroxyl groups excluding tert-OH is 1. The van der Waals surface area contributed by atoms with Crippen molar-refractivity contribution in [3.8, 4) is 0 Å².